The number of fused-ring (bicyclic) bond motifs is 3. The molecule has 0 amide bonds. The maximum Gasteiger partial charge on any atom is 0.00418 e. The fourth-order valence-electron chi connectivity index (χ4n) is 4.60. The summed E-state index contributed by atoms with van der Waals surface area (Å²) in [7, 11) is -1.06. The van der Waals surface area contributed by atoms with Crippen molar-refractivity contribution >= 4 is 16.5 Å². The first kappa shape index (κ1) is 37.3. The Hall–Kier alpha value is -0.660. The Kier molecular flexibility index (Phi) is 14.0. The summed E-state index contributed by atoms with van der Waals surface area (Å²) in [6, 6.07) is 19.7. The summed E-state index contributed by atoms with van der Waals surface area (Å²) in [4.78, 5) is 0. The van der Waals surface area contributed by atoms with Gasteiger partial charge >= 0.3 is 41.3 Å². The van der Waals surface area contributed by atoms with Crippen LogP contribution in [0.1, 0.15) is 88.8 Å². The van der Waals surface area contributed by atoms with Crippen LogP contribution in [0.4, 0.5) is 0 Å². The molecule has 4 rings (SSSR count). The second-order valence-corrected chi connectivity index (χ2v) is 21.2. The van der Waals surface area contributed by atoms with E-state index in [-0.39, 0.29) is 35.6 Å². The third-order valence-corrected chi connectivity index (χ3v) is 8.73. The van der Waals surface area contributed by atoms with Crippen LogP contribution in [-0.2, 0) is 41.5 Å². The summed E-state index contributed by atoms with van der Waals surface area (Å²) in [5, 5.41) is 1.62. The van der Waals surface area contributed by atoms with Crippen molar-refractivity contribution in [3.63, 3.8) is 0 Å². The number of aryl methyl sites for hydroxylation is 2. The zero-order valence-corrected chi connectivity index (χ0v) is 31.0. The summed E-state index contributed by atoms with van der Waals surface area (Å²) < 4.78 is 1.51. The van der Waals surface area contributed by atoms with E-state index in [0.717, 1.165) is 6.42 Å². The molecule has 0 spiro atoms. The molecule has 3 aromatic rings. The smallest absolute Gasteiger partial charge is 0.00418 e. The van der Waals surface area contributed by atoms with Gasteiger partial charge in [0.1, 0.15) is 0 Å². The van der Waals surface area contributed by atoms with Crippen molar-refractivity contribution in [3.8, 4) is 11.1 Å². The first-order valence-corrected chi connectivity index (χ1v) is 18.0. The number of hydrogen-bond acceptors (Lipinski definition) is 0. The Balaban J connectivity index is 0.000000684. The van der Waals surface area contributed by atoms with Crippen molar-refractivity contribution in [1.29, 1.82) is 0 Å². The molecule has 0 aliphatic heterocycles. The maximum absolute atomic E-state index is 3.53. The number of rotatable bonds is 1. The van der Waals surface area contributed by atoms with Crippen molar-refractivity contribution in [1.82, 2.24) is 0 Å². The summed E-state index contributed by atoms with van der Waals surface area (Å²) in [6.45, 7) is 29.5. The van der Waals surface area contributed by atoms with Crippen LogP contribution >= 0.6 is 0 Å². The third-order valence-electron chi connectivity index (χ3n) is 6.58. The minimum Gasteiger partial charge on any atom is -1.00 e. The molecule has 0 N–H and O–H groups in total. The second kappa shape index (κ2) is 14.3. The van der Waals surface area contributed by atoms with Gasteiger partial charge in [0.15, 0.2) is 0 Å². The van der Waals surface area contributed by atoms with Gasteiger partial charge in [-0.05, 0) is 17.4 Å². The predicted octanol–water partition coefficient (Wildman–Crippen LogP) is 2.97. The van der Waals surface area contributed by atoms with Crippen LogP contribution in [0.25, 0.3) is 11.1 Å². The fourth-order valence-corrected chi connectivity index (χ4v) is 6.51. The molecule has 208 valence electrons. The van der Waals surface area contributed by atoms with E-state index in [1.165, 1.54) is 47.7 Å². The minimum absolute atomic E-state index is 0. The molecule has 0 fully saturated rings. The van der Waals surface area contributed by atoms with Crippen molar-refractivity contribution in [2.45, 2.75) is 106 Å². The molecule has 1 aliphatic rings. The first-order valence-electron chi connectivity index (χ1n) is 13.3. The van der Waals surface area contributed by atoms with Crippen LogP contribution in [0.5, 0.6) is 0 Å². The monoisotopic (exact) mass is 644 g/mol. The van der Waals surface area contributed by atoms with Crippen LogP contribution in [0, 0.1) is 19.9 Å². The molecule has 0 nitrogen and oxygen atoms in total. The van der Waals surface area contributed by atoms with E-state index in [0.29, 0.717) is 0 Å². The molecule has 4 heteroatoms. The van der Waals surface area contributed by atoms with Gasteiger partial charge in [-0.1, -0.05) is 110 Å². The molecular weight excluding hydrogens is 599 g/mol. The molecule has 0 unspecified atom stereocenters. The van der Waals surface area contributed by atoms with Crippen molar-refractivity contribution in [2.24, 2.45) is 0 Å². The molecule has 3 aromatic carbocycles. The topological polar surface area (TPSA) is 0 Å². The van der Waals surface area contributed by atoms with Gasteiger partial charge in [-0.15, -0.1) is 5.56 Å². The molecular formula is C34H48Cl2SiZr-2. The van der Waals surface area contributed by atoms with E-state index < -0.39 is 8.07 Å². The van der Waals surface area contributed by atoms with Gasteiger partial charge in [-0.25, -0.2) is 6.07 Å². The summed E-state index contributed by atoms with van der Waals surface area (Å²) in [5.74, 6) is 0. The minimum atomic E-state index is -1.06. The Morgan fingerprint density at radius 2 is 1.34 bits per heavy atom. The zero-order valence-electron chi connectivity index (χ0n) is 26.0. The van der Waals surface area contributed by atoms with E-state index >= 15 is 0 Å². The molecule has 0 saturated carbocycles. The van der Waals surface area contributed by atoms with Gasteiger partial charge in [-0.3, -0.25) is 0 Å². The zero-order chi connectivity index (χ0) is 27.6. The van der Waals surface area contributed by atoms with E-state index in [1.807, 2.05) is 0 Å². The fraction of sp³-hybridized carbons (Fsp3) is 0.471. The van der Waals surface area contributed by atoms with Crippen LogP contribution in [0.15, 0.2) is 42.5 Å². The van der Waals surface area contributed by atoms with E-state index in [4.69, 9.17) is 0 Å². The van der Waals surface area contributed by atoms with Crippen LogP contribution in [0.2, 0.25) is 19.6 Å². The first-order chi connectivity index (χ1) is 16.3. The molecule has 0 heterocycles. The van der Waals surface area contributed by atoms with Crippen LogP contribution < -0.4 is 30.0 Å². The summed E-state index contributed by atoms with van der Waals surface area (Å²) >= 11 is 1.55. The molecule has 1 aliphatic carbocycles. The Morgan fingerprint density at radius 1 is 0.842 bits per heavy atom. The Labute approximate surface area is 262 Å². The van der Waals surface area contributed by atoms with Crippen molar-refractivity contribution in [3.05, 3.63) is 81.9 Å². The molecule has 0 atom stereocenters. The Bertz CT molecular complexity index is 1150. The SMILES string of the molecule is CC(C)(C)c1c[c-]c2c(c1)-c1cc(C(C)(C)C)ccc1C2.C[C](C)=[Zr+2].Cc1cc([Si](C)(C)C)c(C)[cH-]1.[Cl-].[Cl-]. The standard InChI is InChI=1S/C21H25.C10H17Si.C3H6.2ClH.Zr/c1-20(2,3)16-9-7-14-11-15-8-10-17(21(4,5)6)13-19(15)18(14)12-16;1-8-6-9(2)10(7-8)11(3,4)5;1-3-2;;;/h7,9-10,12-13H,11H2,1-6H3;6-7H,1-5H3;1-2H3;2*1H;/q2*-1;;;;+2/p-2. The van der Waals surface area contributed by atoms with E-state index in [9.17, 15) is 0 Å². The average Bonchev–Trinajstić information content (AvgIpc) is 3.24. The quantitative estimate of drug-likeness (QED) is 0.221. The molecule has 0 saturated heterocycles. The molecule has 0 aromatic heterocycles. The Morgan fingerprint density at radius 3 is 1.74 bits per heavy atom. The van der Waals surface area contributed by atoms with Crippen LogP contribution in [0.3, 0.4) is 0 Å². The number of halogens is 2. The normalized spacial score (nSPS) is 12.0. The van der Waals surface area contributed by atoms with Gasteiger partial charge < -0.3 is 24.8 Å². The maximum atomic E-state index is 3.53. The number of hydrogen-bond donors (Lipinski definition) is 0. The average molecular weight is 647 g/mol. The predicted molar refractivity (Wildman–Crippen MR) is 162 cm³/mol. The largest absolute Gasteiger partial charge is 1.00 e. The van der Waals surface area contributed by atoms with E-state index in [2.05, 4.69) is 137 Å². The van der Waals surface area contributed by atoms with Crippen molar-refractivity contribution in [2.75, 3.05) is 0 Å². The number of benzene rings is 2. The van der Waals surface area contributed by atoms with Crippen molar-refractivity contribution < 1.29 is 49.0 Å². The van der Waals surface area contributed by atoms with Gasteiger partial charge in [0.2, 0.25) is 0 Å². The van der Waals surface area contributed by atoms with Gasteiger partial charge in [0.25, 0.3) is 0 Å². The molecule has 0 radical (unpaired) electrons. The van der Waals surface area contributed by atoms with E-state index in [1.54, 1.807) is 29.4 Å². The van der Waals surface area contributed by atoms with Crippen LogP contribution in [-0.4, -0.2) is 11.3 Å². The van der Waals surface area contributed by atoms with Gasteiger partial charge in [0.05, 0.1) is 0 Å². The summed E-state index contributed by atoms with van der Waals surface area (Å²) in [6.07, 6.45) is 1.03. The van der Waals surface area contributed by atoms with Gasteiger partial charge in [-0.2, -0.15) is 51.7 Å². The van der Waals surface area contributed by atoms with Gasteiger partial charge in [0, 0.05) is 8.07 Å². The second-order valence-electron chi connectivity index (χ2n) is 13.7. The summed E-state index contributed by atoms with van der Waals surface area (Å²) in [5.41, 5.74) is 11.7. The molecule has 38 heavy (non-hydrogen) atoms. The molecule has 0 bridgehead atoms. The third kappa shape index (κ3) is 10.4.